The van der Waals surface area contributed by atoms with E-state index in [1.807, 2.05) is 0 Å². The SMILES string of the molecule is CCC(C)(C(=O)OCC(=O)OC1CCCCO1)C(F)(F)F. The second kappa shape index (κ2) is 7.11. The third-order valence-electron chi connectivity index (χ3n) is 3.51. The molecule has 0 N–H and O–H groups in total. The minimum Gasteiger partial charge on any atom is -0.453 e. The second-order valence-electron chi connectivity index (χ2n) is 5.05. The first-order valence-corrected chi connectivity index (χ1v) is 6.75. The lowest BCUT2D eigenvalue weighted by Gasteiger charge is -2.28. The fourth-order valence-electron chi connectivity index (χ4n) is 1.73. The van der Waals surface area contributed by atoms with Gasteiger partial charge < -0.3 is 14.2 Å². The fourth-order valence-corrected chi connectivity index (χ4v) is 1.73. The van der Waals surface area contributed by atoms with Gasteiger partial charge in [-0.25, -0.2) is 4.79 Å². The van der Waals surface area contributed by atoms with Gasteiger partial charge in [0.25, 0.3) is 0 Å². The Labute approximate surface area is 120 Å². The monoisotopic (exact) mass is 312 g/mol. The molecule has 0 aromatic heterocycles. The summed E-state index contributed by atoms with van der Waals surface area (Å²) in [5, 5.41) is 0. The number of carbonyl (C=O) groups is 2. The van der Waals surface area contributed by atoms with Crippen LogP contribution in [0.3, 0.4) is 0 Å². The Morgan fingerprint density at radius 1 is 1.29 bits per heavy atom. The molecule has 0 aromatic rings. The summed E-state index contributed by atoms with van der Waals surface area (Å²) < 4.78 is 52.9. The molecule has 0 spiro atoms. The number of hydrogen-bond acceptors (Lipinski definition) is 5. The van der Waals surface area contributed by atoms with Gasteiger partial charge in [-0.05, 0) is 26.2 Å². The van der Waals surface area contributed by atoms with Crippen molar-refractivity contribution in [2.75, 3.05) is 13.2 Å². The van der Waals surface area contributed by atoms with E-state index < -0.39 is 42.8 Å². The molecule has 0 aliphatic carbocycles. The Balaban J connectivity index is 2.46. The number of carbonyl (C=O) groups excluding carboxylic acids is 2. The highest BCUT2D eigenvalue weighted by atomic mass is 19.4. The maximum absolute atomic E-state index is 12.8. The Morgan fingerprint density at radius 2 is 1.95 bits per heavy atom. The topological polar surface area (TPSA) is 61.8 Å². The van der Waals surface area contributed by atoms with Crippen molar-refractivity contribution in [3.8, 4) is 0 Å². The minimum atomic E-state index is -4.74. The molecule has 0 bridgehead atoms. The van der Waals surface area contributed by atoms with Gasteiger partial charge in [0.1, 0.15) is 0 Å². The first-order chi connectivity index (χ1) is 9.70. The molecular weight excluding hydrogens is 293 g/mol. The maximum atomic E-state index is 12.8. The Morgan fingerprint density at radius 3 is 2.43 bits per heavy atom. The largest absolute Gasteiger partial charge is 0.453 e. The van der Waals surface area contributed by atoms with Crippen LogP contribution in [0.25, 0.3) is 0 Å². The third-order valence-corrected chi connectivity index (χ3v) is 3.51. The number of ether oxygens (including phenoxy) is 3. The molecular formula is C13H19F3O5. The summed E-state index contributed by atoms with van der Waals surface area (Å²) in [4.78, 5) is 23.0. The quantitative estimate of drug-likeness (QED) is 0.730. The highest BCUT2D eigenvalue weighted by Crippen LogP contribution is 2.41. The summed E-state index contributed by atoms with van der Waals surface area (Å²) in [6, 6.07) is 0. The van der Waals surface area contributed by atoms with Crippen molar-refractivity contribution < 1.29 is 37.0 Å². The van der Waals surface area contributed by atoms with Gasteiger partial charge in [-0.1, -0.05) is 6.92 Å². The van der Waals surface area contributed by atoms with Gasteiger partial charge in [0, 0.05) is 6.42 Å². The van der Waals surface area contributed by atoms with Crippen LogP contribution in [0.2, 0.25) is 0 Å². The summed E-state index contributed by atoms with van der Waals surface area (Å²) in [5.41, 5.74) is -2.63. The minimum absolute atomic E-state index is 0.458. The average Bonchev–Trinajstić information content (AvgIpc) is 2.43. The normalized spacial score (nSPS) is 22.2. The van der Waals surface area contributed by atoms with Crippen LogP contribution in [0.15, 0.2) is 0 Å². The molecule has 1 fully saturated rings. The Kier molecular flexibility index (Phi) is 6.00. The molecule has 0 aromatic carbocycles. The van der Waals surface area contributed by atoms with Crippen molar-refractivity contribution in [1.29, 1.82) is 0 Å². The van der Waals surface area contributed by atoms with Crippen LogP contribution in [-0.4, -0.2) is 37.6 Å². The predicted octanol–water partition coefficient (Wildman–Crippen LogP) is 2.58. The lowest BCUT2D eigenvalue weighted by molar-refractivity contribution is -0.232. The van der Waals surface area contributed by atoms with Crippen molar-refractivity contribution in [3.05, 3.63) is 0 Å². The summed E-state index contributed by atoms with van der Waals surface area (Å²) >= 11 is 0. The molecule has 0 saturated carbocycles. The van der Waals surface area contributed by atoms with Crippen LogP contribution in [0.5, 0.6) is 0 Å². The maximum Gasteiger partial charge on any atom is 0.404 e. The van der Waals surface area contributed by atoms with E-state index >= 15 is 0 Å². The molecule has 1 aliphatic rings. The van der Waals surface area contributed by atoms with E-state index in [1.54, 1.807) is 0 Å². The predicted molar refractivity (Wildman–Crippen MR) is 65.1 cm³/mol. The van der Waals surface area contributed by atoms with Crippen LogP contribution in [-0.2, 0) is 23.8 Å². The molecule has 1 aliphatic heterocycles. The molecule has 1 heterocycles. The van der Waals surface area contributed by atoms with Crippen molar-refractivity contribution in [3.63, 3.8) is 0 Å². The molecule has 0 radical (unpaired) electrons. The van der Waals surface area contributed by atoms with Gasteiger partial charge in [-0.3, -0.25) is 4.79 Å². The number of esters is 2. The molecule has 1 saturated heterocycles. The highest BCUT2D eigenvalue weighted by molar-refractivity contribution is 5.80. The van der Waals surface area contributed by atoms with E-state index in [-0.39, 0.29) is 0 Å². The molecule has 2 unspecified atom stereocenters. The smallest absolute Gasteiger partial charge is 0.404 e. The van der Waals surface area contributed by atoms with Crippen LogP contribution >= 0.6 is 0 Å². The summed E-state index contributed by atoms with van der Waals surface area (Å²) in [7, 11) is 0. The number of alkyl halides is 3. The molecule has 0 amide bonds. The Hall–Kier alpha value is -1.31. The standard InChI is InChI=1S/C13H19F3O5/c1-3-12(2,13(14,15)16)11(18)20-8-9(17)21-10-6-4-5-7-19-10/h10H,3-8H2,1-2H3. The Bertz CT molecular complexity index is 376. The van der Waals surface area contributed by atoms with E-state index in [0.717, 1.165) is 19.8 Å². The van der Waals surface area contributed by atoms with E-state index in [9.17, 15) is 22.8 Å². The van der Waals surface area contributed by atoms with Gasteiger partial charge in [-0.2, -0.15) is 13.2 Å². The highest BCUT2D eigenvalue weighted by Gasteiger charge is 2.56. The van der Waals surface area contributed by atoms with E-state index in [4.69, 9.17) is 9.47 Å². The van der Waals surface area contributed by atoms with E-state index in [1.165, 1.54) is 6.92 Å². The molecule has 21 heavy (non-hydrogen) atoms. The van der Waals surface area contributed by atoms with Crippen LogP contribution in [0, 0.1) is 5.41 Å². The molecule has 1 rings (SSSR count). The van der Waals surface area contributed by atoms with Crippen molar-refractivity contribution >= 4 is 11.9 Å². The average molecular weight is 312 g/mol. The van der Waals surface area contributed by atoms with Crippen LogP contribution in [0.1, 0.15) is 39.5 Å². The first kappa shape index (κ1) is 17.7. The van der Waals surface area contributed by atoms with Gasteiger partial charge >= 0.3 is 18.1 Å². The van der Waals surface area contributed by atoms with Crippen molar-refractivity contribution in [2.24, 2.45) is 5.41 Å². The van der Waals surface area contributed by atoms with Gasteiger partial charge in [-0.15, -0.1) is 0 Å². The summed E-state index contributed by atoms with van der Waals surface area (Å²) in [5.74, 6) is -2.41. The van der Waals surface area contributed by atoms with Crippen molar-refractivity contribution in [2.45, 2.75) is 52.0 Å². The lowest BCUT2D eigenvalue weighted by Crippen LogP contribution is -2.43. The van der Waals surface area contributed by atoms with Gasteiger partial charge in [0.15, 0.2) is 12.0 Å². The molecule has 2 atom stereocenters. The fraction of sp³-hybridized carbons (Fsp3) is 0.846. The second-order valence-corrected chi connectivity index (χ2v) is 5.05. The van der Waals surface area contributed by atoms with E-state index in [0.29, 0.717) is 13.0 Å². The number of hydrogen-bond donors (Lipinski definition) is 0. The zero-order valence-electron chi connectivity index (χ0n) is 12.0. The zero-order valence-corrected chi connectivity index (χ0v) is 12.0. The third kappa shape index (κ3) is 4.59. The van der Waals surface area contributed by atoms with Gasteiger partial charge in [0.2, 0.25) is 6.29 Å². The van der Waals surface area contributed by atoms with Crippen molar-refractivity contribution in [1.82, 2.24) is 0 Å². The number of rotatable bonds is 5. The summed E-state index contributed by atoms with van der Waals surface area (Å²) in [6.07, 6.45) is -3.71. The van der Waals surface area contributed by atoms with Crippen LogP contribution in [0.4, 0.5) is 13.2 Å². The lowest BCUT2D eigenvalue weighted by atomic mass is 9.87. The summed E-state index contributed by atoms with van der Waals surface area (Å²) in [6.45, 7) is 1.57. The zero-order chi connectivity index (χ0) is 16.1. The van der Waals surface area contributed by atoms with Crippen LogP contribution < -0.4 is 0 Å². The molecule has 8 heteroatoms. The van der Waals surface area contributed by atoms with E-state index in [2.05, 4.69) is 4.74 Å². The first-order valence-electron chi connectivity index (χ1n) is 6.75. The molecule has 122 valence electrons. The number of halogens is 3. The van der Waals surface area contributed by atoms with Gasteiger partial charge in [0.05, 0.1) is 6.61 Å². The molecule has 5 nitrogen and oxygen atoms in total.